The lowest BCUT2D eigenvalue weighted by atomic mass is 9.61. The fraction of sp³-hybridized carbons (Fsp3) is 1.00. The minimum absolute atomic E-state index is 0.245. The van der Waals surface area contributed by atoms with Crippen molar-refractivity contribution in [1.82, 2.24) is 0 Å². The van der Waals surface area contributed by atoms with Gasteiger partial charge in [0.05, 0.1) is 0 Å². The Morgan fingerprint density at radius 1 is 1.30 bits per heavy atom. The van der Waals surface area contributed by atoms with Crippen LogP contribution in [0.25, 0.3) is 0 Å². The zero-order valence-electron chi connectivity index (χ0n) is 6.77. The molecule has 0 aromatic rings. The first-order valence-electron chi connectivity index (χ1n) is 4.49. The molecule has 3 aliphatic rings. The Hall–Kier alpha value is -0.0400. The Balaban J connectivity index is 2.17. The highest BCUT2D eigenvalue weighted by Gasteiger charge is 2.42. The second-order valence-electron chi connectivity index (χ2n) is 4.31. The first-order valence-corrected chi connectivity index (χ1v) is 4.49. The standard InChI is InChI=1S/C9H17N/c1-7-6-8-2-4-9(7,10)5-3-8/h7-8H,2-6,10H2,1H3. The van der Waals surface area contributed by atoms with Crippen LogP contribution in [0, 0.1) is 11.8 Å². The van der Waals surface area contributed by atoms with Crippen molar-refractivity contribution >= 4 is 0 Å². The predicted molar refractivity (Wildman–Crippen MR) is 42.7 cm³/mol. The molecule has 0 heterocycles. The molecule has 0 aromatic carbocycles. The van der Waals surface area contributed by atoms with E-state index in [2.05, 4.69) is 6.92 Å². The van der Waals surface area contributed by atoms with Crippen molar-refractivity contribution in [2.45, 2.75) is 44.6 Å². The number of hydrogen-bond donors (Lipinski definition) is 1. The van der Waals surface area contributed by atoms with E-state index in [0.29, 0.717) is 0 Å². The molecule has 0 amide bonds. The molecular weight excluding hydrogens is 122 g/mol. The van der Waals surface area contributed by atoms with Gasteiger partial charge in [-0.2, -0.15) is 0 Å². The third kappa shape index (κ3) is 0.800. The van der Waals surface area contributed by atoms with E-state index in [9.17, 15) is 0 Å². The lowest BCUT2D eigenvalue weighted by Gasteiger charge is -2.48. The SMILES string of the molecule is CC1CC2CCC1(N)CC2. The van der Waals surface area contributed by atoms with Crippen molar-refractivity contribution in [1.29, 1.82) is 0 Å². The van der Waals surface area contributed by atoms with Gasteiger partial charge < -0.3 is 5.73 Å². The minimum Gasteiger partial charge on any atom is -0.325 e. The van der Waals surface area contributed by atoms with Gasteiger partial charge in [-0.25, -0.2) is 0 Å². The summed E-state index contributed by atoms with van der Waals surface area (Å²) in [5.74, 6) is 1.82. The molecule has 1 heteroatoms. The Morgan fingerprint density at radius 3 is 2.20 bits per heavy atom. The molecule has 1 nitrogen and oxygen atoms in total. The summed E-state index contributed by atoms with van der Waals surface area (Å²) in [6, 6.07) is 0. The third-order valence-corrected chi connectivity index (χ3v) is 3.70. The van der Waals surface area contributed by atoms with Crippen LogP contribution in [0.1, 0.15) is 39.0 Å². The quantitative estimate of drug-likeness (QED) is 0.545. The molecule has 3 saturated carbocycles. The van der Waals surface area contributed by atoms with E-state index >= 15 is 0 Å². The normalized spacial score (nSPS) is 53.4. The van der Waals surface area contributed by atoms with E-state index < -0.39 is 0 Å². The summed E-state index contributed by atoms with van der Waals surface area (Å²) in [5.41, 5.74) is 6.48. The van der Waals surface area contributed by atoms with Crippen LogP contribution in [0.2, 0.25) is 0 Å². The molecule has 10 heavy (non-hydrogen) atoms. The van der Waals surface area contributed by atoms with Gasteiger partial charge in [-0.15, -0.1) is 0 Å². The third-order valence-electron chi connectivity index (χ3n) is 3.70. The smallest absolute Gasteiger partial charge is 0.0180 e. The van der Waals surface area contributed by atoms with E-state index in [1.807, 2.05) is 0 Å². The molecule has 3 aliphatic carbocycles. The van der Waals surface area contributed by atoms with Crippen molar-refractivity contribution in [3.05, 3.63) is 0 Å². The number of fused-ring (bicyclic) bond motifs is 3. The van der Waals surface area contributed by atoms with E-state index in [0.717, 1.165) is 11.8 Å². The maximum Gasteiger partial charge on any atom is 0.0180 e. The Morgan fingerprint density at radius 2 is 1.90 bits per heavy atom. The fourth-order valence-electron chi connectivity index (χ4n) is 2.68. The number of nitrogens with two attached hydrogens (primary N) is 1. The summed E-state index contributed by atoms with van der Waals surface area (Å²) in [5, 5.41) is 0. The molecule has 3 rings (SSSR count). The van der Waals surface area contributed by atoms with Gasteiger partial charge in [-0.05, 0) is 43.9 Å². The van der Waals surface area contributed by atoms with E-state index in [4.69, 9.17) is 5.73 Å². The summed E-state index contributed by atoms with van der Waals surface area (Å²) in [6.45, 7) is 2.32. The van der Waals surface area contributed by atoms with Crippen molar-refractivity contribution in [3.8, 4) is 0 Å². The van der Waals surface area contributed by atoms with Gasteiger partial charge in [0.1, 0.15) is 0 Å². The van der Waals surface area contributed by atoms with Crippen molar-refractivity contribution in [2.24, 2.45) is 17.6 Å². The van der Waals surface area contributed by atoms with Gasteiger partial charge in [-0.1, -0.05) is 6.92 Å². The van der Waals surface area contributed by atoms with Gasteiger partial charge >= 0.3 is 0 Å². The first-order chi connectivity index (χ1) is 4.71. The molecule has 1 atom stereocenters. The zero-order chi connectivity index (χ0) is 7.19. The van der Waals surface area contributed by atoms with Crippen molar-refractivity contribution < 1.29 is 0 Å². The molecule has 0 spiro atoms. The molecule has 58 valence electrons. The van der Waals surface area contributed by atoms with Gasteiger partial charge in [0.25, 0.3) is 0 Å². The average molecular weight is 139 g/mol. The highest BCUT2D eigenvalue weighted by atomic mass is 14.8. The molecule has 0 saturated heterocycles. The van der Waals surface area contributed by atoms with Gasteiger partial charge in [0, 0.05) is 5.54 Å². The molecular formula is C9H17N. The molecule has 1 unspecified atom stereocenters. The second kappa shape index (κ2) is 1.97. The monoisotopic (exact) mass is 139 g/mol. The van der Waals surface area contributed by atoms with Crippen molar-refractivity contribution in [2.75, 3.05) is 0 Å². The molecule has 0 aromatic heterocycles. The lowest BCUT2D eigenvalue weighted by Crippen LogP contribution is -2.53. The van der Waals surface area contributed by atoms with Gasteiger partial charge in [0.2, 0.25) is 0 Å². The van der Waals surface area contributed by atoms with Crippen LogP contribution >= 0.6 is 0 Å². The van der Waals surface area contributed by atoms with E-state index in [-0.39, 0.29) is 5.54 Å². The first kappa shape index (κ1) is 6.66. The van der Waals surface area contributed by atoms with Crippen LogP contribution in [0.4, 0.5) is 0 Å². The molecule has 0 aliphatic heterocycles. The van der Waals surface area contributed by atoms with Crippen molar-refractivity contribution in [3.63, 3.8) is 0 Å². The predicted octanol–water partition coefficient (Wildman–Crippen LogP) is 1.91. The number of rotatable bonds is 0. The summed E-state index contributed by atoms with van der Waals surface area (Å²) < 4.78 is 0. The van der Waals surface area contributed by atoms with Gasteiger partial charge in [0.15, 0.2) is 0 Å². The van der Waals surface area contributed by atoms with Crippen LogP contribution < -0.4 is 5.73 Å². The molecule has 2 N–H and O–H groups in total. The summed E-state index contributed by atoms with van der Waals surface area (Å²) in [6.07, 6.45) is 6.79. The highest BCUT2D eigenvalue weighted by molar-refractivity contribution is 4.99. The topological polar surface area (TPSA) is 26.0 Å². The summed E-state index contributed by atoms with van der Waals surface area (Å²) >= 11 is 0. The van der Waals surface area contributed by atoms with Gasteiger partial charge in [-0.3, -0.25) is 0 Å². The van der Waals surface area contributed by atoms with Crippen LogP contribution in [-0.4, -0.2) is 5.54 Å². The number of hydrogen-bond acceptors (Lipinski definition) is 1. The Bertz CT molecular complexity index is 134. The molecule has 3 fully saturated rings. The van der Waals surface area contributed by atoms with Crippen LogP contribution in [0.5, 0.6) is 0 Å². The van der Waals surface area contributed by atoms with Crippen LogP contribution in [-0.2, 0) is 0 Å². The van der Waals surface area contributed by atoms with Crippen LogP contribution in [0.3, 0.4) is 0 Å². The molecule has 2 bridgehead atoms. The molecule has 0 radical (unpaired) electrons. The summed E-state index contributed by atoms with van der Waals surface area (Å²) in [4.78, 5) is 0. The Kier molecular flexibility index (Phi) is 1.31. The Labute approximate surface area is 63.0 Å². The van der Waals surface area contributed by atoms with Crippen LogP contribution in [0.15, 0.2) is 0 Å². The average Bonchev–Trinajstić information content (AvgIpc) is 1.92. The minimum atomic E-state index is 0.245. The highest BCUT2D eigenvalue weighted by Crippen LogP contribution is 2.45. The van der Waals surface area contributed by atoms with E-state index in [1.54, 1.807) is 0 Å². The zero-order valence-corrected chi connectivity index (χ0v) is 6.77. The maximum atomic E-state index is 6.24. The van der Waals surface area contributed by atoms with E-state index in [1.165, 1.54) is 32.1 Å². The fourth-order valence-corrected chi connectivity index (χ4v) is 2.68. The second-order valence-corrected chi connectivity index (χ2v) is 4.31. The largest absolute Gasteiger partial charge is 0.325 e. The maximum absolute atomic E-state index is 6.24. The lowest BCUT2D eigenvalue weighted by molar-refractivity contribution is 0.0789. The summed E-state index contributed by atoms with van der Waals surface area (Å²) in [7, 11) is 0.